The van der Waals surface area contributed by atoms with Crippen LogP contribution >= 0.6 is 0 Å². The van der Waals surface area contributed by atoms with Gasteiger partial charge in [0, 0.05) is 25.0 Å². The molecule has 15 heteroatoms. The van der Waals surface area contributed by atoms with E-state index in [-0.39, 0.29) is 30.6 Å². The molecule has 2 amide bonds. The third-order valence-electron chi connectivity index (χ3n) is 5.25. The molecule has 0 fully saturated rings. The number of amides is 2. The maximum absolute atomic E-state index is 13.4. The van der Waals surface area contributed by atoms with Crippen LogP contribution in [0.1, 0.15) is 38.8 Å². The van der Waals surface area contributed by atoms with Gasteiger partial charge in [0.25, 0.3) is 0 Å². The molecule has 216 valence electrons. The van der Waals surface area contributed by atoms with Crippen molar-refractivity contribution >= 4 is 29.3 Å². The van der Waals surface area contributed by atoms with E-state index in [0.29, 0.717) is 0 Å². The molecule has 0 bridgehead atoms. The fourth-order valence-corrected chi connectivity index (χ4v) is 3.52. The minimum absolute atomic E-state index is 0.0440. The van der Waals surface area contributed by atoms with Gasteiger partial charge in [0.1, 0.15) is 17.7 Å². The lowest BCUT2D eigenvalue weighted by molar-refractivity contribution is -0.386. The van der Waals surface area contributed by atoms with Gasteiger partial charge in [-0.25, -0.2) is 9.59 Å². The highest BCUT2D eigenvalue weighted by molar-refractivity contribution is 5.90. The number of benzene rings is 2. The van der Waals surface area contributed by atoms with E-state index in [1.165, 1.54) is 19.1 Å². The lowest BCUT2D eigenvalue weighted by atomic mass is 10.0. The Hall–Kier alpha value is -4.95. The number of alkyl carbamates (subject to hydrolysis) is 1. The molecule has 2 atom stereocenters. The number of nitrogens with one attached hydrogen (secondary N) is 2. The van der Waals surface area contributed by atoms with Crippen LogP contribution in [0.3, 0.4) is 0 Å². The summed E-state index contributed by atoms with van der Waals surface area (Å²) < 4.78 is 10.2. The fourth-order valence-electron chi connectivity index (χ4n) is 3.52. The van der Waals surface area contributed by atoms with Gasteiger partial charge in [-0.1, -0.05) is 12.1 Å². The van der Waals surface area contributed by atoms with Crippen molar-refractivity contribution in [1.82, 2.24) is 10.6 Å². The van der Waals surface area contributed by atoms with E-state index in [4.69, 9.17) is 9.47 Å². The van der Waals surface area contributed by atoms with Crippen molar-refractivity contribution < 1.29 is 43.9 Å². The SMILES string of the molecule is CCOC(=O)[C@H](Cc1ccc(O)c([N+](=O)[O-])c1)NC(=O)[C@H](Cc1ccc(O)c([N+](=O)[O-])c1)NC(=O)OC(C)(C)C. The Morgan fingerprint density at radius 3 is 1.77 bits per heavy atom. The summed E-state index contributed by atoms with van der Waals surface area (Å²) >= 11 is 0. The predicted molar refractivity (Wildman–Crippen MR) is 139 cm³/mol. The van der Waals surface area contributed by atoms with Gasteiger partial charge < -0.3 is 30.3 Å². The van der Waals surface area contributed by atoms with Crippen LogP contribution in [0.2, 0.25) is 0 Å². The van der Waals surface area contributed by atoms with Crippen LogP contribution in [0.15, 0.2) is 36.4 Å². The summed E-state index contributed by atoms with van der Waals surface area (Å²) in [6.45, 7) is 6.28. The van der Waals surface area contributed by atoms with Crippen LogP contribution in [0.25, 0.3) is 0 Å². The summed E-state index contributed by atoms with van der Waals surface area (Å²) in [5.74, 6) is -2.95. The highest BCUT2D eigenvalue weighted by atomic mass is 16.6. The molecule has 0 unspecified atom stereocenters. The molecule has 4 N–H and O–H groups in total. The first-order valence-corrected chi connectivity index (χ1v) is 12.0. The van der Waals surface area contributed by atoms with E-state index in [9.17, 15) is 44.8 Å². The van der Waals surface area contributed by atoms with Crippen molar-refractivity contribution in [2.45, 2.75) is 58.2 Å². The van der Waals surface area contributed by atoms with Crippen LogP contribution in [0.5, 0.6) is 11.5 Å². The van der Waals surface area contributed by atoms with Crippen molar-refractivity contribution in [3.05, 3.63) is 67.8 Å². The van der Waals surface area contributed by atoms with E-state index < -0.39 is 68.4 Å². The second-order valence-electron chi connectivity index (χ2n) is 9.58. The summed E-state index contributed by atoms with van der Waals surface area (Å²) in [5, 5.41) is 46.7. The average Bonchev–Trinajstić information content (AvgIpc) is 2.84. The molecular formula is C25H30N4O11. The van der Waals surface area contributed by atoms with Gasteiger partial charge in [-0.15, -0.1) is 0 Å². The summed E-state index contributed by atoms with van der Waals surface area (Å²) in [6.07, 6.45) is -1.55. The number of carbonyl (C=O) groups is 3. The monoisotopic (exact) mass is 562 g/mol. The summed E-state index contributed by atoms with van der Waals surface area (Å²) in [7, 11) is 0. The Bertz CT molecular complexity index is 1290. The van der Waals surface area contributed by atoms with E-state index in [1.54, 1.807) is 20.8 Å². The highest BCUT2D eigenvalue weighted by Crippen LogP contribution is 2.28. The third-order valence-corrected chi connectivity index (χ3v) is 5.25. The van der Waals surface area contributed by atoms with Crippen LogP contribution in [0, 0.1) is 20.2 Å². The number of hydrogen-bond acceptors (Lipinski definition) is 11. The Morgan fingerprint density at radius 2 is 1.35 bits per heavy atom. The van der Waals surface area contributed by atoms with Gasteiger partial charge in [0.05, 0.1) is 16.5 Å². The minimum Gasteiger partial charge on any atom is -0.502 e. The molecule has 2 rings (SSSR count). The average molecular weight is 563 g/mol. The number of esters is 1. The van der Waals surface area contributed by atoms with Crippen LogP contribution < -0.4 is 10.6 Å². The number of nitro groups is 2. The molecule has 0 radical (unpaired) electrons. The molecule has 0 saturated heterocycles. The maximum atomic E-state index is 13.4. The zero-order valence-electron chi connectivity index (χ0n) is 22.2. The molecule has 0 saturated carbocycles. The fraction of sp³-hybridized carbons (Fsp3) is 0.400. The number of phenols is 2. The number of rotatable bonds is 11. The summed E-state index contributed by atoms with van der Waals surface area (Å²) in [4.78, 5) is 59.3. The van der Waals surface area contributed by atoms with E-state index >= 15 is 0 Å². The lowest BCUT2D eigenvalue weighted by Crippen LogP contribution is -2.54. The van der Waals surface area contributed by atoms with Gasteiger partial charge in [-0.05, 0) is 51.0 Å². The first-order valence-electron chi connectivity index (χ1n) is 12.0. The third kappa shape index (κ3) is 9.11. The largest absolute Gasteiger partial charge is 0.502 e. The van der Waals surface area contributed by atoms with Crippen molar-refractivity contribution in [1.29, 1.82) is 0 Å². The quantitative estimate of drug-likeness (QED) is 0.177. The first kappa shape index (κ1) is 31.3. The lowest BCUT2D eigenvalue weighted by Gasteiger charge is -2.25. The number of carbonyl (C=O) groups excluding carboxylic acids is 3. The van der Waals surface area contributed by atoms with Gasteiger partial charge in [0.15, 0.2) is 11.5 Å². The second-order valence-corrected chi connectivity index (χ2v) is 9.58. The molecule has 15 nitrogen and oxygen atoms in total. The van der Waals surface area contributed by atoms with Crippen LogP contribution in [-0.2, 0) is 31.9 Å². The van der Waals surface area contributed by atoms with Crippen molar-refractivity contribution in [3.8, 4) is 11.5 Å². The molecule has 2 aromatic rings. The molecule has 0 aromatic heterocycles. The topological polar surface area (TPSA) is 220 Å². The molecule has 0 aliphatic heterocycles. The van der Waals surface area contributed by atoms with Gasteiger partial charge in [-0.3, -0.25) is 25.0 Å². The van der Waals surface area contributed by atoms with E-state index in [2.05, 4.69) is 10.6 Å². The van der Waals surface area contributed by atoms with Gasteiger partial charge in [-0.2, -0.15) is 0 Å². The minimum atomic E-state index is -1.41. The molecule has 2 aromatic carbocycles. The van der Waals surface area contributed by atoms with Crippen molar-refractivity contribution in [2.75, 3.05) is 6.61 Å². The number of phenolic OH excluding ortho intramolecular Hbond substituents is 2. The normalized spacial score (nSPS) is 12.5. The molecule has 40 heavy (non-hydrogen) atoms. The smallest absolute Gasteiger partial charge is 0.408 e. The Balaban J connectivity index is 2.39. The zero-order chi connectivity index (χ0) is 30.2. The van der Waals surface area contributed by atoms with Crippen molar-refractivity contribution in [2.24, 2.45) is 0 Å². The van der Waals surface area contributed by atoms with Gasteiger partial charge >= 0.3 is 23.4 Å². The van der Waals surface area contributed by atoms with Crippen molar-refractivity contribution in [3.63, 3.8) is 0 Å². The molecule has 0 aliphatic rings. The molecule has 0 heterocycles. The highest BCUT2D eigenvalue weighted by Gasteiger charge is 2.30. The number of nitrogens with zero attached hydrogens (tertiary/aromatic N) is 2. The number of nitro benzene ring substituents is 2. The zero-order valence-corrected chi connectivity index (χ0v) is 22.2. The van der Waals surface area contributed by atoms with E-state index in [0.717, 1.165) is 24.3 Å². The van der Waals surface area contributed by atoms with Crippen LogP contribution in [0.4, 0.5) is 16.2 Å². The first-order chi connectivity index (χ1) is 18.6. The molecular weight excluding hydrogens is 532 g/mol. The predicted octanol–water partition coefficient (Wildman–Crippen LogP) is 2.64. The Kier molecular flexibility index (Phi) is 10.3. The summed E-state index contributed by atoms with van der Waals surface area (Å²) in [5.41, 5.74) is -1.74. The molecule has 0 aliphatic carbocycles. The Labute approximate surface area is 228 Å². The van der Waals surface area contributed by atoms with Crippen LogP contribution in [-0.4, -0.2) is 62.3 Å². The standard InChI is InChI=1S/C25H30N4O11/c1-5-39-23(33)17(11-15-7-9-21(31)19(13-15)29(37)38)26-22(32)16(27-24(34)40-25(2,3)4)10-14-6-8-20(30)18(12-14)28(35)36/h6-9,12-13,16-17,30-31H,5,10-11H2,1-4H3,(H,26,32)(H,27,34)/t16-,17-/m0/s1. The summed E-state index contributed by atoms with van der Waals surface area (Å²) in [6, 6.07) is 4.07. The number of ether oxygens (including phenoxy) is 2. The Morgan fingerprint density at radius 1 is 0.875 bits per heavy atom. The second kappa shape index (κ2) is 13.2. The van der Waals surface area contributed by atoms with E-state index in [1.807, 2.05) is 0 Å². The number of aromatic hydroxyl groups is 2. The maximum Gasteiger partial charge on any atom is 0.408 e. The van der Waals surface area contributed by atoms with Gasteiger partial charge in [0.2, 0.25) is 5.91 Å². The number of hydrogen-bond donors (Lipinski definition) is 4. The molecule has 0 spiro atoms.